The topological polar surface area (TPSA) is 67.9 Å². The predicted octanol–water partition coefficient (Wildman–Crippen LogP) is 1.40. The Hall–Kier alpha value is -2.17. The molecule has 2 rings (SSSR count). The van der Waals surface area contributed by atoms with Crippen LogP contribution in [0, 0.1) is 0 Å². The Morgan fingerprint density at radius 2 is 2.18 bits per heavy atom. The first-order chi connectivity index (χ1) is 8.27. The van der Waals surface area contributed by atoms with E-state index in [2.05, 4.69) is 15.0 Å². The maximum Gasteiger partial charge on any atom is 0.254 e. The van der Waals surface area contributed by atoms with Crippen LogP contribution in [0.2, 0.25) is 0 Å². The standard InChI is InChI=1S/C12H13N3O2/c1-3-8-10(14-7-15-12(8)16)11-9(17-2)5-4-6-13-11/h4-7H,3H2,1-2H3,(H,14,15,16). The summed E-state index contributed by atoms with van der Waals surface area (Å²) in [5, 5.41) is 0. The first-order valence-electron chi connectivity index (χ1n) is 5.33. The van der Waals surface area contributed by atoms with E-state index in [0.717, 1.165) is 0 Å². The molecule has 5 heteroatoms. The van der Waals surface area contributed by atoms with Gasteiger partial charge in [0.1, 0.15) is 17.1 Å². The summed E-state index contributed by atoms with van der Waals surface area (Å²) in [4.78, 5) is 22.7. The lowest BCUT2D eigenvalue weighted by Gasteiger charge is -2.08. The molecule has 2 heterocycles. The minimum Gasteiger partial charge on any atom is -0.494 e. The molecule has 0 atom stereocenters. The van der Waals surface area contributed by atoms with Gasteiger partial charge in [0.05, 0.1) is 13.4 Å². The molecular weight excluding hydrogens is 218 g/mol. The van der Waals surface area contributed by atoms with E-state index >= 15 is 0 Å². The summed E-state index contributed by atoms with van der Waals surface area (Å²) < 4.78 is 5.22. The van der Waals surface area contributed by atoms with Crippen LogP contribution < -0.4 is 10.3 Å². The van der Waals surface area contributed by atoms with Crippen LogP contribution in [0.5, 0.6) is 5.75 Å². The van der Waals surface area contributed by atoms with E-state index < -0.39 is 0 Å². The minimum absolute atomic E-state index is 0.134. The third kappa shape index (κ3) is 2.04. The van der Waals surface area contributed by atoms with Gasteiger partial charge in [-0.25, -0.2) is 4.98 Å². The smallest absolute Gasteiger partial charge is 0.254 e. The third-order valence-electron chi connectivity index (χ3n) is 2.52. The monoisotopic (exact) mass is 231 g/mol. The number of aromatic nitrogens is 3. The van der Waals surface area contributed by atoms with Crippen molar-refractivity contribution in [3.05, 3.63) is 40.6 Å². The molecule has 0 aliphatic carbocycles. The summed E-state index contributed by atoms with van der Waals surface area (Å²) in [6, 6.07) is 3.58. The highest BCUT2D eigenvalue weighted by Gasteiger charge is 2.14. The molecule has 5 nitrogen and oxygen atoms in total. The van der Waals surface area contributed by atoms with Crippen molar-refractivity contribution in [2.24, 2.45) is 0 Å². The van der Waals surface area contributed by atoms with Crippen molar-refractivity contribution in [1.29, 1.82) is 0 Å². The number of ether oxygens (including phenoxy) is 1. The van der Waals surface area contributed by atoms with Crippen molar-refractivity contribution >= 4 is 0 Å². The molecule has 0 bridgehead atoms. The van der Waals surface area contributed by atoms with E-state index in [1.165, 1.54) is 6.33 Å². The van der Waals surface area contributed by atoms with Crippen molar-refractivity contribution < 1.29 is 4.74 Å². The molecule has 0 fully saturated rings. The number of hydrogen-bond donors (Lipinski definition) is 1. The summed E-state index contributed by atoms with van der Waals surface area (Å²) in [6.07, 6.45) is 3.63. The molecule has 88 valence electrons. The zero-order chi connectivity index (χ0) is 12.3. The van der Waals surface area contributed by atoms with E-state index in [-0.39, 0.29) is 5.56 Å². The second kappa shape index (κ2) is 4.78. The van der Waals surface area contributed by atoms with Gasteiger partial charge >= 0.3 is 0 Å². The van der Waals surface area contributed by atoms with Gasteiger partial charge in [-0.1, -0.05) is 6.92 Å². The van der Waals surface area contributed by atoms with Crippen molar-refractivity contribution in [3.8, 4) is 17.1 Å². The second-order valence-corrected chi connectivity index (χ2v) is 3.47. The molecule has 0 aliphatic rings. The zero-order valence-electron chi connectivity index (χ0n) is 9.73. The Labute approximate surface area is 98.5 Å². The Morgan fingerprint density at radius 3 is 2.88 bits per heavy atom. The van der Waals surface area contributed by atoms with Gasteiger partial charge in [0, 0.05) is 11.8 Å². The molecule has 1 N–H and O–H groups in total. The number of nitrogens with one attached hydrogen (secondary N) is 1. The third-order valence-corrected chi connectivity index (χ3v) is 2.52. The molecule has 2 aromatic rings. The first kappa shape index (κ1) is 11.3. The summed E-state index contributed by atoms with van der Waals surface area (Å²) in [6.45, 7) is 1.91. The molecule has 0 unspecified atom stereocenters. The summed E-state index contributed by atoms with van der Waals surface area (Å²) in [5.74, 6) is 0.611. The van der Waals surface area contributed by atoms with Crippen LogP contribution in [-0.2, 0) is 6.42 Å². The molecule has 2 aromatic heterocycles. The van der Waals surface area contributed by atoms with Gasteiger partial charge in [-0.15, -0.1) is 0 Å². The Balaban J connectivity index is 2.68. The first-order valence-corrected chi connectivity index (χ1v) is 5.33. The second-order valence-electron chi connectivity index (χ2n) is 3.47. The van der Waals surface area contributed by atoms with Crippen LogP contribution in [0.15, 0.2) is 29.5 Å². The Bertz CT molecular complexity index is 578. The van der Waals surface area contributed by atoms with Gasteiger partial charge in [-0.05, 0) is 18.6 Å². The molecule has 0 amide bonds. The maximum atomic E-state index is 11.7. The van der Waals surface area contributed by atoms with Crippen LogP contribution in [-0.4, -0.2) is 22.1 Å². The van der Waals surface area contributed by atoms with Crippen molar-refractivity contribution in [2.45, 2.75) is 13.3 Å². The molecule has 17 heavy (non-hydrogen) atoms. The van der Waals surface area contributed by atoms with Gasteiger partial charge < -0.3 is 9.72 Å². The van der Waals surface area contributed by atoms with E-state index in [1.807, 2.05) is 6.92 Å². The minimum atomic E-state index is -0.134. The number of aromatic amines is 1. The van der Waals surface area contributed by atoms with E-state index in [9.17, 15) is 4.79 Å². The van der Waals surface area contributed by atoms with E-state index in [0.29, 0.717) is 29.1 Å². The molecule has 0 aliphatic heterocycles. The lowest BCUT2D eigenvalue weighted by atomic mass is 10.1. The lowest BCUT2D eigenvalue weighted by Crippen LogP contribution is -2.14. The fourth-order valence-corrected chi connectivity index (χ4v) is 1.69. The molecule has 0 aromatic carbocycles. The van der Waals surface area contributed by atoms with Gasteiger partial charge in [-0.3, -0.25) is 9.78 Å². The average Bonchev–Trinajstić information content (AvgIpc) is 2.38. The predicted molar refractivity (Wildman–Crippen MR) is 64.0 cm³/mol. The quantitative estimate of drug-likeness (QED) is 0.867. The molecule has 0 radical (unpaired) electrons. The highest BCUT2D eigenvalue weighted by molar-refractivity contribution is 5.65. The summed E-state index contributed by atoms with van der Waals surface area (Å²) >= 11 is 0. The Kier molecular flexibility index (Phi) is 3.18. The number of hydrogen-bond acceptors (Lipinski definition) is 4. The number of pyridine rings is 1. The van der Waals surface area contributed by atoms with Gasteiger partial charge in [0.2, 0.25) is 0 Å². The van der Waals surface area contributed by atoms with Crippen LogP contribution >= 0.6 is 0 Å². The number of methoxy groups -OCH3 is 1. The zero-order valence-corrected chi connectivity index (χ0v) is 9.73. The number of nitrogens with zero attached hydrogens (tertiary/aromatic N) is 2. The highest BCUT2D eigenvalue weighted by atomic mass is 16.5. The SMILES string of the molecule is CCc1c(-c2ncccc2OC)nc[nH]c1=O. The largest absolute Gasteiger partial charge is 0.494 e. The molecule has 0 spiro atoms. The van der Waals surface area contributed by atoms with E-state index in [4.69, 9.17) is 4.74 Å². The van der Waals surface area contributed by atoms with Crippen molar-refractivity contribution in [1.82, 2.24) is 15.0 Å². The summed E-state index contributed by atoms with van der Waals surface area (Å²) in [5.41, 5.74) is 1.65. The molecular formula is C12H13N3O2. The van der Waals surface area contributed by atoms with E-state index in [1.54, 1.807) is 25.4 Å². The molecule has 0 saturated carbocycles. The average molecular weight is 231 g/mol. The highest BCUT2D eigenvalue weighted by Crippen LogP contribution is 2.26. The summed E-state index contributed by atoms with van der Waals surface area (Å²) in [7, 11) is 1.57. The van der Waals surface area contributed by atoms with Gasteiger partial charge in [0.15, 0.2) is 0 Å². The fourth-order valence-electron chi connectivity index (χ4n) is 1.69. The fraction of sp³-hybridized carbons (Fsp3) is 0.250. The van der Waals surface area contributed by atoms with Gasteiger partial charge in [0.25, 0.3) is 5.56 Å². The van der Waals surface area contributed by atoms with Crippen LogP contribution in [0.3, 0.4) is 0 Å². The Morgan fingerprint density at radius 1 is 1.35 bits per heavy atom. The number of rotatable bonds is 3. The van der Waals surface area contributed by atoms with Crippen molar-refractivity contribution in [2.75, 3.05) is 7.11 Å². The van der Waals surface area contributed by atoms with Crippen LogP contribution in [0.4, 0.5) is 0 Å². The molecule has 0 saturated heterocycles. The van der Waals surface area contributed by atoms with Crippen LogP contribution in [0.1, 0.15) is 12.5 Å². The maximum absolute atomic E-state index is 11.7. The number of H-pyrrole nitrogens is 1. The lowest BCUT2D eigenvalue weighted by molar-refractivity contribution is 0.414. The van der Waals surface area contributed by atoms with Crippen LogP contribution in [0.25, 0.3) is 11.4 Å². The van der Waals surface area contributed by atoms with Gasteiger partial charge in [-0.2, -0.15) is 0 Å². The van der Waals surface area contributed by atoms with Crippen molar-refractivity contribution in [3.63, 3.8) is 0 Å². The normalized spacial score (nSPS) is 10.2.